The molecule has 3 nitrogen and oxygen atoms in total. The van der Waals surface area contributed by atoms with Crippen LogP contribution in [0, 0.1) is 0 Å². The Morgan fingerprint density at radius 2 is 2.21 bits per heavy atom. The van der Waals surface area contributed by atoms with Gasteiger partial charge in [0.25, 0.3) is 0 Å². The van der Waals surface area contributed by atoms with Crippen molar-refractivity contribution < 1.29 is 9.47 Å². The highest BCUT2D eigenvalue weighted by atomic mass is 16.5. The van der Waals surface area contributed by atoms with Crippen molar-refractivity contribution in [1.29, 1.82) is 0 Å². The summed E-state index contributed by atoms with van der Waals surface area (Å²) in [5.41, 5.74) is 0.866. The van der Waals surface area contributed by atoms with Gasteiger partial charge in [-0.1, -0.05) is 0 Å². The van der Waals surface area contributed by atoms with Gasteiger partial charge in [0.15, 0.2) is 0 Å². The fraction of sp³-hybridized carbons (Fsp3) is 0.455. The monoisotopic (exact) mass is 193 g/mol. The highest BCUT2D eigenvalue weighted by Crippen LogP contribution is 2.35. The standard InChI is InChI=1S/C11H15NO2/c1-11(2)7-12-9-6-8(13-3)4-5-10(9)14-11/h4-6,12H,7H2,1-3H3. The second-order valence-corrected chi connectivity index (χ2v) is 4.08. The van der Waals surface area contributed by atoms with Crippen molar-refractivity contribution in [2.75, 3.05) is 19.0 Å². The third-order valence-corrected chi connectivity index (χ3v) is 2.28. The zero-order valence-electron chi connectivity index (χ0n) is 8.76. The van der Waals surface area contributed by atoms with E-state index in [1.165, 1.54) is 0 Å². The van der Waals surface area contributed by atoms with Gasteiger partial charge in [-0.25, -0.2) is 0 Å². The molecule has 2 rings (SSSR count). The van der Waals surface area contributed by atoms with Crippen LogP contribution in [0.15, 0.2) is 18.2 Å². The third-order valence-electron chi connectivity index (χ3n) is 2.28. The number of nitrogens with one attached hydrogen (secondary N) is 1. The van der Waals surface area contributed by atoms with E-state index in [4.69, 9.17) is 9.47 Å². The Labute approximate surface area is 84.0 Å². The van der Waals surface area contributed by atoms with Gasteiger partial charge in [-0.05, 0) is 26.0 Å². The molecule has 1 N–H and O–H groups in total. The molecular formula is C11H15NO2. The number of ether oxygens (including phenoxy) is 2. The van der Waals surface area contributed by atoms with Crippen LogP contribution in [-0.4, -0.2) is 19.3 Å². The molecule has 0 radical (unpaired) electrons. The summed E-state index contributed by atoms with van der Waals surface area (Å²) < 4.78 is 10.9. The fourth-order valence-electron chi connectivity index (χ4n) is 1.51. The van der Waals surface area contributed by atoms with Crippen LogP contribution in [0.2, 0.25) is 0 Å². The molecule has 1 aliphatic rings. The fourth-order valence-corrected chi connectivity index (χ4v) is 1.51. The number of anilines is 1. The molecule has 0 saturated carbocycles. The summed E-state index contributed by atoms with van der Waals surface area (Å²) in [6, 6.07) is 5.79. The van der Waals surface area contributed by atoms with Gasteiger partial charge in [0, 0.05) is 6.07 Å². The Hall–Kier alpha value is -1.38. The molecule has 0 unspecified atom stereocenters. The van der Waals surface area contributed by atoms with Crippen LogP contribution >= 0.6 is 0 Å². The Morgan fingerprint density at radius 1 is 1.43 bits per heavy atom. The summed E-state index contributed by atoms with van der Waals surface area (Å²) in [6.07, 6.45) is 0. The predicted octanol–water partition coefficient (Wildman–Crippen LogP) is 2.28. The van der Waals surface area contributed by atoms with E-state index in [1.54, 1.807) is 7.11 Å². The molecule has 0 saturated heterocycles. The molecule has 1 heterocycles. The van der Waals surface area contributed by atoms with Crippen molar-refractivity contribution in [3.05, 3.63) is 18.2 Å². The zero-order chi connectivity index (χ0) is 10.2. The van der Waals surface area contributed by atoms with Gasteiger partial charge < -0.3 is 14.8 Å². The Bertz CT molecular complexity index is 347. The summed E-state index contributed by atoms with van der Waals surface area (Å²) >= 11 is 0. The van der Waals surface area contributed by atoms with E-state index < -0.39 is 0 Å². The molecule has 1 aliphatic heterocycles. The highest BCUT2D eigenvalue weighted by molar-refractivity contribution is 5.61. The first kappa shape index (κ1) is 9.19. The Balaban J connectivity index is 2.32. The lowest BCUT2D eigenvalue weighted by atomic mass is 10.1. The van der Waals surface area contributed by atoms with E-state index in [9.17, 15) is 0 Å². The molecule has 0 aromatic heterocycles. The molecule has 76 valence electrons. The van der Waals surface area contributed by atoms with Crippen molar-refractivity contribution in [1.82, 2.24) is 0 Å². The quantitative estimate of drug-likeness (QED) is 0.742. The largest absolute Gasteiger partial charge is 0.497 e. The Morgan fingerprint density at radius 3 is 2.93 bits per heavy atom. The normalized spacial score (nSPS) is 17.6. The summed E-state index contributed by atoms with van der Waals surface area (Å²) in [5.74, 6) is 1.74. The number of methoxy groups -OCH3 is 1. The van der Waals surface area contributed by atoms with E-state index >= 15 is 0 Å². The van der Waals surface area contributed by atoms with Crippen LogP contribution in [0.4, 0.5) is 5.69 Å². The lowest BCUT2D eigenvalue weighted by Crippen LogP contribution is -2.39. The first-order chi connectivity index (χ1) is 6.61. The molecule has 14 heavy (non-hydrogen) atoms. The summed E-state index contributed by atoms with van der Waals surface area (Å²) in [7, 11) is 1.66. The van der Waals surface area contributed by atoms with E-state index in [1.807, 2.05) is 18.2 Å². The first-order valence-electron chi connectivity index (χ1n) is 4.72. The summed E-state index contributed by atoms with van der Waals surface area (Å²) in [6.45, 7) is 4.94. The van der Waals surface area contributed by atoms with Crippen LogP contribution in [0.1, 0.15) is 13.8 Å². The lowest BCUT2D eigenvalue weighted by Gasteiger charge is -2.33. The number of fused-ring (bicyclic) bond motifs is 1. The molecule has 0 spiro atoms. The minimum atomic E-state index is -0.137. The SMILES string of the molecule is COc1ccc2c(c1)NCC(C)(C)O2. The van der Waals surface area contributed by atoms with Gasteiger partial charge in [-0.3, -0.25) is 0 Å². The van der Waals surface area contributed by atoms with Crippen molar-refractivity contribution >= 4 is 5.69 Å². The molecule has 0 amide bonds. The van der Waals surface area contributed by atoms with E-state index in [0.29, 0.717) is 0 Å². The van der Waals surface area contributed by atoms with Gasteiger partial charge in [0.1, 0.15) is 17.1 Å². The van der Waals surface area contributed by atoms with Gasteiger partial charge in [-0.15, -0.1) is 0 Å². The highest BCUT2D eigenvalue weighted by Gasteiger charge is 2.26. The summed E-state index contributed by atoms with van der Waals surface area (Å²) in [5, 5.41) is 3.32. The van der Waals surface area contributed by atoms with E-state index in [-0.39, 0.29) is 5.60 Å². The maximum Gasteiger partial charge on any atom is 0.143 e. The first-order valence-corrected chi connectivity index (χ1v) is 4.72. The number of hydrogen-bond donors (Lipinski definition) is 1. The van der Waals surface area contributed by atoms with E-state index in [0.717, 1.165) is 23.7 Å². The van der Waals surface area contributed by atoms with Gasteiger partial charge >= 0.3 is 0 Å². The average molecular weight is 193 g/mol. The maximum atomic E-state index is 5.80. The lowest BCUT2D eigenvalue weighted by molar-refractivity contribution is 0.116. The Kier molecular flexibility index (Phi) is 2.02. The molecular weight excluding hydrogens is 178 g/mol. The number of benzene rings is 1. The minimum absolute atomic E-state index is 0.137. The number of rotatable bonds is 1. The van der Waals surface area contributed by atoms with Crippen LogP contribution < -0.4 is 14.8 Å². The van der Waals surface area contributed by atoms with Gasteiger partial charge in [0.2, 0.25) is 0 Å². The van der Waals surface area contributed by atoms with Crippen molar-refractivity contribution in [2.45, 2.75) is 19.4 Å². The third kappa shape index (κ3) is 1.62. The molecule has 1 aromatic carbocycles. The van der Waals surface area contributed by atoms with Gasteiger partial charge in [0.05, 0.1) is 19.3 Å². The predicted molar refractivity (Wildman–Crippen MR) is 56.2 cm³/mol. The van der Waals surface area contributed by atoms with Crippen LogP contribution in [0.3, 0.4) is 0 Å². The second kappa shape index (κ2) is 3.08. The summed E-state index contributed by atoms with van der Waals surface area (Å²) in [4.78, 5) is 0. The molecule has 0 atom stereocenters. The minimum Gasteiger partial charge on any atom is -0.497 e. The van der Waals surface area contributed by atoms with E-state index in [2.05, 4.69) is 19.2 Å². The maximum absolute atomic E-state index is 5.80. The molecule has 3 heteroatoms. The average Bonchev–Trinajstić information content (AvgIpc) is 2.16. The molecule has 0 aliphatic carbocycles. The second-order valence-electron chi connectivity index (χ2n) is 4.08. The van der Waals surface area contributed by atoms with Crippen LogP contribution in [0.25, 0.3) is 0 Å². The van der Waals surface area contributed by atoms with Crippen molar-refractivity contribution in [2.24, 2.45) is 0 Å². The number of hydrogen-bond acceptors (Lipinski definition) is 3. The topological polar surface area (TPSA) is 30.5 Å². The zero-order valence-corrected chi connectivity index (χ0v) is 8.76. The van der Waals surface area contributed by atoms with Crippen molar-refractivity contribution in [3.8, 4) is 11.5 Å². The molecule has 0 bridgehead atoms. The van der Waals surface area contributed by atoms with Gasteiger partial charge in [-0.2, -0.15) is 0 Å². The van der Waals surface area contributed by atoms with Crippen LogP contribution in [-0.2, 0) is 0 Å². The molecule has 1 aromatic rings. The van der Waals surface area contributed by atoms with Crippen molar-refractivity contribution in [3.63, 3.8) is 0 Å². The smallest absolute Gasteiger partial charge is 0.143 e. The molecule has 0 fully saturated rings. The van der Waals surface area contributed by atoms with Crippen LogP contribution in [0.5, 0.6) is 11.5 Å².